The quantitative estimate of drug-likeness (QED) is 0.613. The van der Waals surface area contributed by atoms with E-state index in [0.29, 0.717) is 5.56 Å². The number of aryl methyl sites for hydroxylation is 1. The molecule has 4 heteroatoms. The Hall–Kier alpha value is -2.75. The van der Waals surface area contributed by atoms with E-state index in [9.17, 15) is 10.1 Å². The maximum Gasteiger partial charge on any atom is 0.295 e. The van der Waals surface area contributed by atoms with Crippen LogP contribution in [-0.2, 0) is 12.8 Å². The molecule has 0 aliphatic heterocycles. The highest BCUT2D eigenvalue weighted by molar-refractivity contribution is 5.77. The number of nitro groups is 1. The predicted octanol–water partition coefficient (Wildman–Crippen LogP) is 4.27. The molecule has 0 atom stereocenters. The zero-order valence-corrected chi connectivity index (χ0v) is 12.1. The van der Waals surface area contributed by atoms with E-state index in [1.165, 1.54) is 6.20 Å². The van der Waals surface area contributed by atoms with Crippen LogP contribution in [0, 0.1) is 10.1 Å². The fraction of sp³-hybridized carbons (Fsp3) is 0.167. The van der Waals surface area contributed by atoms with Crippen LogP contribution in [0.4, 0.5) is 5.69 Å². The van der Waals surface area contributed by atoms with E-state index in [0.717, 1.165) is 36.1 Å². The maximum atomic E-state index is 11.4. The first-order chi connectivity index (χ1) is 10.8. The van der Waals surface area contributed by atoms with Gasteiger partial charge in [0, 0.05) is 5.69 Å². The number of rotatable bonds is 2. The van der Waals surface area contributed by atoms with Crippen molar-refractivity contribution in [1.82, 2.24) is 4.98 Å². The van der Waals surface area contributed by atoms with Gasteiger partial charge in [0.25, 0.3) is 5.69 Å². The lowest BCUT2D eigenvalue weighted by Crippen LogP contribution is -1.99. The van der Waals surface area contributed by atoms with Crippen molar-refractivity contribution < 1.29 is 4.92 Å². The summed E-state index contributed by atoms with van der Waals surface area (Å²) in [5.74, 6) is 0. The lowest BCUT2D eigenvalue weighted by atomic mass is 9.99. The standard InChI is InChI=1S/C18H16N2O2/c21-20(22)17-13-19-16-12-8-11-15(16)18(17)14-9-6-4-2-1-3-5-7-10-14/h1-7,9-10,13H,8,11-12H2. The Morgan fingerprint density at radius 2 is 1.59 bits per heavy atom. The van der Waals surface area contributed by atoms with Crippen molar-refractivity contribution in [2.24, 2.45) is 0 Å². The fourth-order valence-corrected chi connectivity index (χ4v) is 2.82. The Bertz CT molecular complexity index is 746. The summed E-state index contributed by atoms with van der Waals surface area (Å²) in [7, 11) is 0. The summed E-state index contributed by atoms with van der Waals surface area (Å²) < 4.78 is 0. The van der Waals surface area contributed by atoms with Gasteiger partial charge < -0.3 is 0 Å². The number of hydrogen-bond donors (Lipinski definition) is 0. The van der Waals surface area contributed by atoms with Crippen molar-refractivity contribution in [2.75, 3.05) is 0 Å². The molecule has 1 aliphatic carbocycles. The van der Waals surface area contributed by atoms with Gasteiger partial charge in [0.15, 0.2) is 0 Å². The summed E-state index contributed by atoms with van der Waals surface area (Å²) in [6.45, 7) is 0. The molecule has 0 saturated carbocycles. The third-order valence-corrected chi connectivity index (χ3v) is 3.79. The van der Waals surface area contributed by atoms with Crippen molar-refractivity contribution in [1.29, 1.82) is 0 Å². The molecule has 2 aromatic rings. The minimum absolute atomic E-state index is 0.0848. The van der Waals surface area contributed by atoms with Crippen molar-refractivity contribution >= 4 is 5.69 Å². The third kappa shape index (κ3) is 2.81. The van der Waals surface area contributed by atoms with Crippen LogP contribution in [0.2, 0.25) is 0 Å². The summed E-state index contributed by atoms with van der Waals surface area (Å²) in [4.78, 5) is 15.3. The minimum atomic E-state index is -0.339. The van der Waals surface area contributed by atoms with Crippen LogP contribution >= 0.6 is 0 Å². The molecule has 3 rings (SSSR count). The normalized spacial score (nSPS) is 12.4. The number of pyridine rings is 1. The Balaban J connectivity index is 2.28. The molecular weight excluding hydrogens is 276 g/mol. The van der Waals surface area contributed by atoms with Crippen molar-refractivity contribution in [3.8, 4) is 11.1 Å². The van der Waals surface area contributed by atoms with E-state index < -0.39 is 0 Å². The molecular formula is C18H16N2O2. The van der Waals surface area contributed by atoms with Gasteiger partial charge in [-0.3, -0.25) is 15.1 Å². The van der Waals surface area contributed by atoms with Crippen molar-refractivity contribution in [3.05, 3.63) is 82.2 Å². The zero-order chi connectivity index (χ0) is 15.4. The average molecular weight is 292 g/mol. The van der Waals surface area contributed by atoms with Gasteiger partial charge in [-0.05, 0) is 30.4 Å². The molecule has 110 valence electrons. The van der Waals surface area contributed by atoms with Gasteiger partial charge in [0.05, 0.1) is 10.5 Å². The molecule has 1 aliphatic rings. The molecule has 22 heavy (non-hydrogen) atoms. The van der Waals surface area contributed by atoms with E-state index in [4.69, 9.17) is 0 Å². The highest BCUT2D eigenvalue weighted by atomic mass is 16.6. The fourth-order valence-electron chi connectivity index (χ4n) is 2.82. The van der Waals surface area contributed by atoms with E-state index in [2.05, 4.69) is 4.98 Å². The van der Waals surface area contributed by atoms with Gasteiger partial charge in [-0.1, -0.05) is 54.6 Å². The van der Waals surface area contributed by atoms with Gasteiger partial charge in [-0.25, -0.2) is 0 Å². The molecule has 0 spiro atoms. The molecule has 1 heterocycles. The second-order valence-corrected chi connectivity index (χ2v) is 5.19. The minimum Gasteiger partial charge on any atom is -0.258 e. The van der Waals surface area contributed by atoms with Crippen LogP contribution in [0.3, 0.4) is 0 Å². The van der Waals surface area contributed by atoms with E-state index >= 15 is 0 Å². The van der Waals surface area contributed by atoms with Crippen molar-refractivity contribution in [2.45, 2.75) is 19.3 Å². The second-order valence-electron chi connectivity index (χ2n) is 5.19. The summed E-state index contributed by atoms with van der Waals surface area (Å²) in [5.41, 5.74) is 3.66. The Labute approximate surface area is 128 Å². The van der Waals surface area contributed by atoms with Gasteiger partial charge in [-0.15, -0.1) is 0 Å². The van der Waals surface area contributed by atoms with E-state index in [1.54, 1.807) is 0 Å². The molecule has 0 bridgehead atoms. The lowest BCUT2D eigenvalue weighted by Gasteiger charge is -2.08. The summed E-state index contributed by atoms with van der Waals surface area (Å²) in [5, 5.41) is 11.4. The Morgan fingerprint density at radius 1 is 0.955 bits per heavy atom. The highest BCUT2D eigenvalue weighted by Crippen LogP contribution is 2.37. The summed E-state index contributed by atoms with van der Waals surface area (Å²) >= 11 is 0. The van der Waals surface area contributed by atoms with Crippen molar-refractivity contribution in [3.63, 3.8) is 0 Å². The third-order valence-electron chi connectivity index (χ3n) is 3.79. The van der Waals surface area contributed by atoms with Crippen LogP contribution in [0.5, 0.6) is 0 Å². The molecule has 1 aromatic heterocycles. The summed E-state index contributed by atoms with van der Waals surface area (Å²) in [6.07, 6.45) is 4.15. The zero-order valence-electron chi connectivity index (χ0n) is 12.1. The van der Waals surface area contributed by atoms with Gasteiger partial charge >= 0.3 is 0 Å². The SMILES string of the molecule is O=[N+]([O-])c1cnc2c(c1-c1ccccccccc1)CCC2. The highest BCUT2D eigenvalue weighted by Gasteiger charge is 2.25. The van der Waals surface area contributed by atoms with Crippen LogP contribution in [0.25, 0.3) is 11.1 Å². The number of hydrogen-bond acceptors (Lipinski definition) is 3. The van der Waals surface area contributed by atoms with E-state index in [1.807, 2.05) is 54.6 Å². The number of nitrogens with zero attached hydrogens (tertiary/aromatic N) is 2. The van der Waals surface area contributed by atoms with Crippen LogP contribution in [0.1, 0.15) is 17.7 Å². The molecule has 0 amide bonds. The molecule has 0 fully saturated rings. The predicted molar refractivity (Wildman–Crippen MR) is 86.0 cm³/mol. The first-order valence-electron chi connectivity index (χ1n) is 7.31. The van der Waals surface area contributed by atoms with Gasteiger partial charge in [0.2, 0.25) is 0 Å². The second kappa shape index (κ2) is 6.35. The number of aromatic nitrogens is 1. The molecule has 0 N–H and O–H groups in total. The Morgan fingerprint density at radius 3 is 2.23 bits per heavy atom. The molecule has 0 radical (unpaired) electrons. The smallest absolute Gasteiger partial charge is 0.258 e. The van der Waals surface area contributed by atoms with E-state index in [-0.39, 0.29) is 10.6 Å². The molecule has 0 unspecified atom stereocenters. The van der Waals surface area contributed by atoms with Crippen LogP contribution in [-0.4, -0.2) is 9.91 Å². The van der Waals surface area contributed by atoms with Gasteiger partial charge in [0.1, 0.15) is 6.20 Å². The molecule has 1 aromatic carbocycles. The number of fused-ring (bicyclic) bond motifs is 1. The monoisotopic (exact) mass is 292 g/mol. The first kappa shape index (κ1) is 14.2. The topological polar surface area (TPSA) is 56.0 Å². The molecule has 4 nitrogen and oxygen atoms in total. The largest absolute Gasteiger partial charge is 0.295 e. The maximum absolute atomic E-state index is 11.4. The van der Waals surface area contributed by atoms with Crippen LogP contribution < -0.4 is 0 Å². The summed E-state index contributed by atoms with van der Waals surface area (Å²) in [6, 6.07) is 17.3. The average Bonchev–Trinajstić information content (AvgIpc) is 3.00. The van der Waals surface area contributed by atoms with Crippen LogP contribution in [0.15, 0.2) is 60.8 Å². The van der Waals surface area contributed by atoms with Gasteiger partial charge in [-0.2, -0.15) is 0 Å². The first-order valence-corrected chi connectivity index (χ1v) is 7.31. The molecule has 0 saturated heterocycles. The lowest BCUT2D eigenvalue weighted by molar-refractivity contribution is -0.384. The Kier molecular flexibility index (Phi) is 4.10.